The first-order valence-electron chi connectivity index (χ1n) is 11.1. The molecule has 5 nitrogen and oxygen atoms in total. The van der Waals surface area contributed by atoms with E-state index in [9.17, 15) is 4.79 Å². The van der Waals surface area contributed by atoms with Gasteiger partial charge in [0.2, 0.25) is 0 Å². The summed E-state index contributed by atoms with van der Waals surface area (Å²) in [5.41, 5.74) is 3.75. The number of pyridine rings is 1. The lowest BCUT2D eigenvalue weighted by atomic mass is 9.76. The zero-order valence-corrected chi connectivity index (χ0v) is 18.0. The summed E-state index contributed by atoms with van der Waals surface area (Å²) in [7, 11) is 0. The Hall–Kier alpha value is -4.64. The van der Waals surface area contributed by atoms with E-state index in [1.165, 1.54) is 0 Å². The van der Waals surface area contributed by atoms with Crippen molar-refractivity contribution in [2.24, 2.45) is 0 Å². The van der Waals surface area contributed by atoms with Crippen LogP contribution in [0.2, 0.25) is 0 Å². The number of carbonyl (C=O) groups excluding carboxylic acids is 1. The molecule has 5 heteroatoms. The predicted octanol–water partition coefficient (Wildman–Crippen LogP) is 6.55. The van der Waals surface area contributed by atoms with E-state index in [0.29, 0.717) is 17.1 Å². The molecule has 1 N–H and O–H groups in total. The summed E-state index contributed by atoms with van der Waals surface area (Å²) < 4.78 is 12.8. The zero-order valence-electron chi connectivity index (χ0n) is 18.0. The van der Waals surface area contributed by atoms with Crippen molar-refractivity contribution in [2.45, 2.75) is 5.60 Å². The SMILES string of the molecule is O=C1OC2(c3ccc(Nc4ccncc4)cc3Oc3ccc4ccccc4c32)c2ccccc21. The summed E-state index contributed by atoms with van der Waals surface area (Å²) in [6.45, 7) is 0. The number of ether oxygens (including phenoxy) is 2. The zero-order chi connectivity index (χ0) is 22.7. The Morgan fingerprint density at radius 1 is 0.735 bits per heavy atom. The molecule has 162 valence electrons. The lowest BCUT2D eigenvalue weighted by Crippen LogP contribution is -2.33. The molecule has 4 aromatic carbocycles. The number of anilines is 2. The highest BCUT2D eigenvalue weighted by molar-refractivity contribution is 6.00. The van der Waals surface area contributed by atoms with Crippen LogP contribution in [0.4, 0.5) is 11.4 Å². The Balaban J connectivity index is 1.50. The molecule has 2 aliphatic heterocycles. The summed E-state index contributed by atoms with van der Waals surface area (Å²) in [4.78, 5) is 17.2. The fourth-order valence-corrected chi connectivity index (χ4v) is 5.13. The first-order valence-corrected chi connectivity index (χ1v) is 11.1. The molecule has 5 aromatic rings. The topological polar surface area (TPSA) is 60.5 Å². The molecule has 0 saturated heterocycles. The average Bonchev–Trinajstić information content (AvgIpc) is 3.17. The van der Waals surface area contributed by atoms with Crippen LogP contribution in [0.1, 0.15) is 27.0 Å². The third-order valence-electron chi connectivity index (χ3n) is 6.56. The van der Waals surface area contributed by atoms with E-state index in [0.717, 1.165) is 38.8 Å². The van der Waals surface area contributed by atoms with E-state index in [4.69, 9.17) is 9.47 Å². The third-order valence-corrected chi connectivity index (χ3v) is 6.56. The van der Waals surface area contributed by atoms with Crippen molar-refractivity contribution >= 4 is 28.1 Å². The molecule has 1 aromatic heterocycles. The molecule has 0 fully saturated rings. The molecule has 1 spiro atoms. The van der Waals surface area contributed by atoms with E-state index in [2.05, 4.69) is 22.4 Å². The monoisotopic (exact) mass is 442 g/mol. The minimum Gasteiger partial charge on any atom is -0.456 e. The highest BCUT2D eigenvalue weighted by atomic mass is 16.6. The molecular weight excluding hydrogens is 424 g/mol. The van der Waals surface area contributed by atoms with Gasteiger partial charge in [0.05, 0.1) is 11.1 Å². The van der Waals surface area contributed by atoms with Crippen molar-refractivity contribution in [1.82, 2.24) is 4.98 Å². The first kappa shape index (κ1) is 18.9. The van der Waals surface area contributed by atoms with Gasteiger partial charge in [0.15, 0.2) is 5.60 Å². The minimum absolute atomic E-state index is 0.332. The lowest BCUT2D eigenvalue weighted by molar-refractivity contribution is 0.0229. The van der Waals surface area contributed by atoms with E-state index >= 15 is 0 Å². The van der Waals surface area contributed by atoms with Crippen LogP contribution >= 0.6 is 0 Å². The molecule has 0 amide bonds. The van der Waals surface area contributed by atoms with Crippen LogP contribution in [-0.4, -0.2) is 11.0 Å². The number of hydrogen-bond acceptors (Lipinski definition) is 5. The van der Waals surface area contributed by atoms with Crippen LogP contribution in [0.25, 0.3) is 10.8 Å². The highest BCUT2D eigenvalue weighted by Crippen LogP contribution is 2.58. The number of nitrogens with one attached hydrogen (secondary N) is 1. The average molecular weight is 442 g/mol. The second-order valence-electron chi connectivity index (χ2n) is 8.45. The Bertz CT molecular complexity index is 1610. The molecule has 0 radical (unpaired) electrons. The second-order valence-corrected chi connectivity index (χ2v) is 8.45. The number of esters is 1. The van der Waals surface area contributed by atoms with Crippen molar-refractivity contribution in [1.29, 1.82) is 0 Å². The smallest absolute Gasteiger partial charge is 0.340 e. The molecule has 0 saturated carbocycles. The molecular formula is C29H18N2O3. The van der Waals surface area contributed by atoms with E-state index in [-0.39, 0.29) is 5.97 Å². The van der Waals surface area contributed by atoms with Gasteiger partial charge in [-0.3, -0.25) is 4.98 Å². The first-order chi connectivity index (χ1) is 16.7. The second kappa shape index (κ2) is 6.93. The number of aromatic nitrogens is 1. The van der Waals surface area contributed by atoms with Gasteiger partial charge in [-0.05, 0) is 47.2 Å². The van der Waals surface area contributed by atoms with Crippen molar-refractivity contribution < 1.29 is 14.3 Å². The maximum Gasteiger partial charge on any atom is 0.340 e. The Kier molecular flexibility index (Phi) is 3.85. The molecule has 7 rings (SSSR count). The summed E-state index contributed by atoms with van der Waals surface area (Å²) in [5, 5.41) is 5.44. The van der Waals surface area contributed by atoms with E-state index < -0.39 is 5.60 Å². The van der Waals surface area contributed by atoms with Gasteiger partial charge in [-0.1, -0.05) is 48.5 Å². The quantitative estimate of drug-likeness (QED) is 0.314. The number of nitrogens with zero attached hydrogens (tertiary/aromatic N) is 1. The largest absolute Gasteiger partial charge is 0.456 e. The van der Waals surface area contributed by atoms with Gasteiger partial charge in [-0.2, -0.15) is 0 Å². The van der Waals surface area contributed by atoms with Gasteiger partial charge in [0.25, 0.3) is 0 Å². The van der Waals surface area contributed by atoms with Crippen molar-refractivity contribution in [3.8, 4) is 11.5 Å². The lowest BCUT2D eigenvalue weighted by Gasteiger charge is -2.37. The number of benzene rings is 4. The summed E-state index contributed by atoms with van der Waals surface area (Å²) in [6.07, 6.45) is 3.48. The van der Waals surface area contributed by atoms with Crippen molar-refractivity contribution in [3.63, 3.8) is 0 Å². The number of hydrogen-bond donors (Lipinski definition) is 1. The highest BCUT2D eigenvalue weighted by Gasteiger charge is 2.54. The standard InChI is InChI=1S/C29H18N2O3/c32-28-22-7-3-4-8-23(22)29(34-28)24-11-10-20(31-19-13-15-30-16-14-19)17-26(24)33-25-12-9-18-5-1-2-6-21(18)27(25)29/h1-17H,(H,30,31). The molecule has 0 aliphatic carbocycles. The normalized spacial score (nSPS) is 17.5. The van der Waals surface area contributed by atoms with Crippen LogP contribution in [-0.2, 0) is 10.3 Å². The summed E-state index contributed by atoms with van der Waals surface area (Å²) >= 11 is 0. The van der Waals surface area contributed by atoms with Crippen LogP contribution < -0.4 is 10.1 Å². The van der Waals surface area contributed by atoms with Gasteiger partial charge >= 0.3 is 5.97 Å². The number of carbonyl (C=O) groups is 1. The van der Waals surface area contributed by atoms with E-state index in [1.807, 2.05) is 78.9 Å². The Morgan fingerprint density at radius 3 is 2.47 bits per heavy atom. The van der Waals surface area contributed by atoms with Crippen LogP contribution in [0.15, 0.2) is 103 Å². The predicted molar refractivity (Wildman–Crippen MR) is 130 cm³/mol. The minimum atomic E-state index is -1.09. The molecule has 0 bridgehead atoms. The number of fused-ring (bicyclic) bond motifs is 8. The van der Waals surface area contributed by atoms with Gasteiger partial charge < -0.3 is 14.8 Å². The fourth-order valence-electron chi connectivity index (χ4n) is 5.13. The Morgan fingerprint density at radius 2 is 1.56 bits per heavy atom. The van der Waals surface area contributed by atoms with Gasteiger partial charge in [0, 0.05) is 41.0 Å². The molecule has 2 aliphatic rings. The number of rotatable bonds is 2. The van der Waals surface area contributed by atoms with Gasteiger partial charge in [-0.25, -0.2) is 4.79 Å². The van der Waals surface area contributed by atoms with Crippen LogP contribution in [0, 0.1) is 0 Å². The molecule has 1 atom stereocenters. The van der Waals surface area contributed by atoms with E-state index in [1.54, 1.807) is 12.4 Å². The summed E-state index contributed by atoms with van der Waals surface area (Å²) in [6, 6.07) is 29.4. The maximum absolute atomic E-state index is 13.1. The molecule has 1 unspecified atom stereocenters. The maximum atomic E-state index is 13.1. The summed E-state index contributed by atoms with van der Waals surface area (Å²) in [5.74, 6) is 0.990. The van der Waals surface area contributed by atoms with Crippen molar-refractivity contribution in [3.05, 3.63) is 126 Å². The Labute approximate surface area is 195 Å². The van der Waals surface area contributed by atoms with Crippen LogP contribution in [0.3, 0.4) is 0 Å². The molecule has 3 heterocycles. The third kappa shape index (κ3) is 2.55. The van der Waals surface area contributed by atoms with Gasteiger partial charge in [-0.15, -0.1) is 0 Å². The van der Waals surface area contributed by atoms with Crippen molar-refractivity contribution in [2.75, 3.05) is 5.32 Å². The molecule has 34 heavy (non-hydrogen) atoms. The fraction of sp³-hybridized carbons (Fsp3) is 0.0345. The van der Waals surface area contributed by atoms with Gasteiger partial charge in [0.1, 0.15) is 11.5 Å². The van der Waals surface area contributed by atoms with Crippen LogP contribution in [0.5, 0.6) is 11.5 Å².